The Hall–Kier alpha value is -3.01. The average molecular weight is 351 g/mol. The molecule has 0 saturated carbocycles. The van der Waals surface area contributed by atoms with Gasteiger partial charge in [0.2, 0.25) is 0 Å². The van der Waals surface area contributed by atoms with E-state index in [0.29, 0.717) is 17.0 Å². The van der Waals surface area contributed by atoms with Crippen molar-refractivity contribution >= 4 is 23.0 Å². The minimum atomic E-state index is -1.33. The lowest BCUT2D eigenvalue weighted by molar-refractivity contribution is -0.116. The first-order valence-corrected chi connectivity index (χ1v) is 8.56. The van der Waals surface area contributed by atoms with E-state index in [1.807, 2.05) is 13.8 Å². The minimum Gasteiger partial charge on any atom is -0.359 e. The molecule has 0 amide bonds. The molecule has 1 atom stereocenters. The lowest BCUT2D eigenvalue weighted by atomic mass is 9.92. The molecule has 1 aliphatic rings. The van der Waals surface area contributed by atoms with E-state index in [1.165, 1.54) is 6.08 Å². The van der Waals surface area contributed by atoms with Gasteiger partial charge in [0.15, 0.2) is 17.3 Å². The van der Waals surface area contributed by atoms with E-state index < -0.39 is 23.3 Å². The van der Waals surface area contributed by atoms with Crippen LogP contribution < -0.4 is 5.32 Å². The van der Waals surface area contributed by atoms with E-state index in [0.717, 1.165) is 0 Å². The first-order valence-electron chi connectivity index (χ1n) is 8.56. The monoisotopic (exact) mass is 351 g/mol. The zero-order valence-electron chi connectivity index (χ0n) is 15.8. The van der Waals surface area contributed by atoms with Crippen molar-refractivity contribution in [1.82, 2.24) is 0 Å². The summed E-state index contributed by atoms with van der Waals surface area (Å²) in [4.78, 5) is 38.1. The molecule has 0 fully saturated rings. The fourth-order valence-corrected chi connectivity index (χ4v) is 2.67. The highest BCUT2D eigenvalue weighted by Crippen LogP contribution is 2.34. The smallest absolute Gasteiger partial charge is 0.184 e. The van der Waals surface area contributed by atoms with Gasteiger partial charge in [0, 0.05) is 22.5 Å². The summed E-state index contributed by atoms with van der Waals surface area (Å²) >= 11 is 0. The lowest BCUT2D eigenvalue weighted by Crippen LogP contribution is -2.26. The van der Waals surface area contributed by atoms with Crippen LogP contribution in [0, 0.1) is 5.92 Å². The van der Waals surface area contributed by atoms with E-state index in [1.54, 1.807) is 50.3 Å². The molecule has 136 valence electrons. The number of rotatable bonds is 6. The van der Waals surface area contributed by atoms with Crippen molar-refractivity contribution in [2.75, 3.05) is 5.32 Å². The highest BCUT2D eigenvalue weighted by atomic mass is 16.2. The lowest BCUT2D eigenvalue weighted by Gasteiger charge is -2.09. The maximum Gasteiger partial charge on any atom is 0.184 e. The Labute approximate surface area is 155 Å². The van der Waals surface area contributed by atoms with Crippen LogP contribution in [0.25, 0.3) is 0 Å². The first-order chi connectivity index (χ1) is 12.4. The van der Waals surface area contributed by atoms with Gasteiger partial charge in [-0.15, -0.1) is 0 Å². The molecule has 1 N–H and O–H groups in total. The Bertz CT molecular complexity index is 813. The molecule has 0 aromatic heterocycles. The molecule has 0 bridgehead atoms. The molecule has 1 unspecified atom stereocenters. The van der Waals surface area contributed by atoms with E-state index in [-0.39, 0.29) is 11.1 Å². The summed E-state index contributed by atoms with van der Waals surface area (Å²) in [5.41, 5.74) is 1.97. The first kappa shape index (κ1) is 21.0. The quantitative estimate of drug-likeness (QED) is 0.449. The second-order valence-electron chi connectivity index (χ2n) is 5.50. The van der Waals surface area contributed by atoms with Crippen molar-refractivity contribution in [2.24, 2.45) is 5.92 Å². The standard InChI is InChI=1S/C20H19NO3.C2H6/c1-5-7-9-13(6-2)18(22)17-19(23)14-10-8-11-15(21-12(3)4)16(14)20(17)24;1-2/h5-11,17,21H,1,3H2,2,4H3;1-2H3/b9-7-,13-6+;. The molecule has 1 aliphatic carbocycles. The van der Waals surface area contributed by atoms with Gasteiger partial charge >= 0.3 is 0 Å². The third-order valence-electron chi connectivity index (χ3n) is 3.72. The summed E-state index contributed by atoms with van der Waals surface area (Å²) in [5, 5.41) is 2.97. The number of hydrogen-bond donors (Lipinski definition) is 1. The van der Waals surface area contributed by atoms with Crippen LogP contribution >= 0.6 is 0 Å². The Balaban J connectivity index is 0.00000163. The number of carbonyl (C=O) groups excluding carboxylic acids is 3. The summed E-state index contributed by atoms with van der Waals surface area (Å²) in [6, 6.07) is 4.94. The Morgan fingerprint density at radius 2 is 1.85 bits per heavy atom. The van der Waals surface area contributed by atoms with Gasteiger partial charge in [0.1, 0.15) is 5.92 Å². The van der Waals surface area contributed by atoms with Crippen LogP contribution in [0.2, 0.25) is 0 Å². The van der Waals surface area contributed by atoms with Gasteiger partial charge in [-0.3, -0.25) is 14.4 Å². The van der Waals surface area contributed by atoms with Crippen molar-refractivity contribution < 1.29 is 14.4 Å². The zero-order valence-corrected chi connectivity index (χ0v) is 15.8. The predicted molar refractivity (Wildman–Crippen MR) is 106 cm³/mol. The van der Waals surface area contributed by atoms with Gasteiger partial charge in [0.25, 0.3) is 0 Å². The fraction of sp³-hybridized carbons (Fsp3) is 0.227. The zero-order chi connectivity index (χ0) is 19.9. The van der Waals surface area contributed by atoms with Gasteiger partial charge in [-0.1, -0.05) is 63.4 Å². The molecule has 4 heteroatoms. The van der Waals surface area contributed by atoms with Crippen molar-refractivity contribution in [2.45, 2.75) is 27.7 Å². The molecule has 0 saturated heterocycles. The van der Waals surface area contributed by atoms with Gasteiger partial charge < -0.3 is 5.32 Å². The van der Waals surface area contributed by atoms with Crippen molar-refractivity contribution in [3.05, 3.63) is 78.1 Å². The number of ketones is 3. The van der Waals surface area contributed by atoms with Gasteiger partial charge in [-0.2, -0.15) is 0 Å². The SMILES string of the molecule is C=C/C=C\C(=C/C)C(=O)C1C(=O)c2cccc(NC(=C)C)c2C1=O.CC. The van der Waals surface area contributed by atoms with Crippen LogP contribution in [-0.2, 0) is 4.79 Å². The maximum absolute atomic E-state index is 12.8. The van der Waals surface area contributed by atoms with Crippen molar-refractivity contribution in [3.8, 4) is 0 Å². The summed E-state index contributed by atoms with van der Waals surface area (Å²) in [6.45, 7) is 14.7. The van der Waals surface area contributed by atoms with E-state index in [4.69, 9.17) is 0 Å². The van der Waals surface area contributed by atoms with E-state index in [9.17, 15) is 14.4 Å². The molecular weight excluding hydrogens is 326 g/mol. The number of benzene rings is 1. The molecule has 1 aromatic carbocycles. The summed E-state index contributed by atoms with van der Waals surface area (Å²) in [7, 11) is 0. The van der Waals surface area contributed by atoms with Crippen LogP contribution in [0.5, 0.6) is 0 Å². The fourth-order valence-electron chi connectivity index (χ4n) is 2.67. The second-order valence-corrected chi connectivity index (χ2v) is 5.50. The number of nitrogens with one attached hydrogen (secondary N) is 1. The topological polar surface area (TPSA) is 63.2 Å². The number of allylic oxidation sites excluding steroid dienone is 6. The molecular formula is C22H25NO3. The van der Waals surface area contributed by atoms with Crippen LogP contribution in [0.15, 0.2) is 66.9 Å². The van der Waals surface area contributed by atoms with E-state index in [2.05, 4.69) is 18.5 Å². The normalized spacial score (nSPS) is 16.0. The molecule has 0 heterocycles. The molecule has 0 spiro atoms. The Morgan fingerprint density at radius 3 is 2.38 bits per heavy atom. The van der Waals surface area contributed by atoms with Crippen LogP contribution in [0.4, 0.5) is 5.69 Å². The number of hydrogen-bond acceptors (Lipinski definition) is 4. The second kappa shape index (κ2) is 9.47. The number of fused-ring (bicyclic) bond motifs is 1. The Kier molecular flexibility index (Phi) is 7.66. The largest absolute Gasteiger partial charge is 0.359 e. The minimum absolute atomic E-state index is 0.256. The summed E-state index contributed by atoms with van der Waals surface area (Å²) in [5.74, 6) is -2.76. The molecule has 0 aliphatic heterocycles. The molecule has 0 radical (unpaired) electrons. The molecule has 1 aromatic rings. The van der Waals surface area contributed by atoms with Gasteiger partial charge in [0.05, 0.1) is 5.56 Å². The third kappa shape index (κ3) is 4.14. The molecule has 2 rings (SSSR count). The molecule has 4 nitrogen and oxygen atoms in total. The van der Waals surface area contributed by atoms with Gasteiger partial charge in [-0.25, -0.2) is 0 Å². The van der Waals surface area contributed by atoms with Crippen LogP contribution in [-0.4, -0.2) is 17.3 Å². The highest BCUT2D eigenvalue weighted by Gasteiger charge is 2.44. The average Bonchev–Trinajstić information content (AvgIpc) is 2.88. The maximum atomic E-state index is 12.8. The van der Waals surface area contributed by atoms with Gasteiger partial charge in [-0.05, 0) is 19.9 Å². The highest BCUT2D eigenvalue weighted by molar-refractivity contribution is 6.39. The summed E-state index contributed by atoms with van der Waals surface area (Å²) in [6.07, 6.45) is 6.25. The number of anilines is 1. The van der Waals surface area contributed by atoms with Crippen LogP contribution in [0.1, 0.15) is 48.4 Å². The van der Waals surface area contributed by atoms with Crippen LogP contribution in [0.3, 0.4) is 0 Å². The molecule has 26 heavy (non-hydrogen) atoms. The van der Waals surface area contributed by atoms with Crippen molar-refractivity contribution in [3.63, 3.8) is 0 Å². The third-order valence-corrected chi connectivity index (χ3v) is 3.72. The number of Topliss-reactive ketones (excluding diaryl/α,β-unsaturated/α-hetero) is 3. The number of carbonyl (C=O) groups is 3. The van der Waals surface area contributed by atoms with Crippen molar-refractivity contribution in [1.29, 1.82) is 0 Å². The predicted octanol–water partition coefficient (Wildman–Crippen LogP) is 4.91. The Morgan fingerprint density at radius 1 is 1.19 bits per heavy atom. The summed E-state index contributed by atoms with van der Waals surface area (Å²) < 4.78 is 0. The van der Waals surface area contributed by atoms with E-state index >= 15 is 0 Å².